The summed E-state index contributed by atoms with van der Waals surface area (Å²) in [5.74, 6) is 0.974. The molecular formula is C16H25NO2S. The van der Waals surface area contributed by atoms with Crippen LogP contribution in [-0.4, -0.2) is 23.7 Å². The topological polar surface area (TPSA) is 49.3 Å². The third-order valence-electron chi connectivity index (χ3n) is 4.30. The number of rotatable bonds is 5. The molecule has 0 saturated carbocycles. The highest BCUT2D eigenvalue weighted by molar-refractivity contribution is 7.14. The lowest BCUT2D eigenvalue weighted by molar-refractivity contribution is 0.0901. The molecule has 0 fully saturated rings. The Kier molecular flexibility index (Phi) is 5.22. The number of fused-ring (bicyclic) bond motifs is 1. The first-order valence-corrected chi connectivity index (χ1v) is 8.40. The molecule has 0 aliphatic heterocycles. The van der Waals surface area contributed by atoms with Crippen LogP contribution in [0.4, 0.5) is 0 Å². The number of aryl methyl sites for hydroxylation is 1. The van der Waals surface area contributed by atoms with E-state index in [1.165, 1.54) is 23.3 Å². The molecule has 2 atom stereocenters. The van der Waals surface area contributed by atoms with Gasteiger partial charge in [0.2, 0.25) is 0 Å². The van der Waals surface area contributed by atoms with Crippen molar-refractivity contribution >= 4 is 17.2 Å². The van der Waals surface area contributed by atoms with Crippen LogP contribution in [0.5, 0.6) is 0 Å². The van der Waals surface area contributed by atoms with Crippen molar-refractivity contribution in [2.75, 3.05) is 6.61 Å². The first kappa shape index (κ1) is 15.5. The number of nitrogens with one attached hydrogen (secondary N) is 1. The molecule has 2 rings (SSSR count). The second-order valence-corrected chi connectivity index (χ2v) is 7.22. The zero-order valence-corrected chi connectivity index (χ0v) is 13.4. The summed E-state index contributed by atoms with van der Waals surface area (Å²) < 4.78 is 0. The maximum atomic E-state index is 12.3. The monoisotopic (exact) mass is 295 g/mol. The number of aliphatic hydroxyl groups is 1. The van der Waals surface area contributed by atoms with Crippen LogP contribution in [0, 0.1) is 11.8 Å². The van der Waals surface area contributed by atoms with Crippen molar-refractivity contribution in [2.24, 2.45) is 11.8 Å². The van der Waals surface area contributed by atoms with Gasteiger partial charge in [-0.25, -0.2) is 0 Å². The summed E-state index contributed by atoms with van der Waals surface area (Å²) in [6, 6.07) is 1.90. The van der Waals surface area contributed by atoms with E-state index in [0.717, 1.165) is 23.6 Å². The zero-order chi connectivity index (χ0) is 14.7. The molecule has 1 aromatic rings. The molecule has 1 heterocycles. The van der Waals surface area contributed by atoms with E-state index >= 15 is 0 Å². The van der Waals surface area contributed by atoms with Gasteiger partial charge in [0.1, 0.15) is 0 Å². The van der Waals surface area contributed by atoms with E-state index in [2.05, 4.69) is 18.3 Å². The second kappa shape index (κ2) is 6.72. The summed E-state index contributed by atoms with van der Waals surface area (Å²) in [6.45, 7) is 6.25. The Hall–Kier alpha value is -0.870. The molecule has 1 aliphatic rings. The first-order valence-electron chi connectivity index (χ1n) is 7.58. The van der Waals surface area contributed by atoms with E-state index in [4.69, 9.17) is 0 Å². The number of thiophene rings is 1. The molecule has 0 spiro atoms. The molecule has 4 heteroatoms. The average Bonchev–Trinajstić information content (AvgIpc) is 2.86. The fourth-order valence-corrected chi connectivity index (χ4v) is 3.83. The van der Waals surface area contributed by atoms with Gasteiger partial charge in [-0.2, -0.15) is 0 Å². The highest BCUT2D eigenvalue weighted by Gasteiger charge is 2.23. The maximum absolute atomic E-state index is 12.3. The van der Waals surface area contributed by atoms with Gasteiger partial charge in [0, 0.05) is 4.88 Å². The van der Waals surface area contributed by atoms with Crippen molar-refractivity contribution < 1.29 is 9.90 Å². The van der Waals surface area contributed by atoms with E-state index in [9.17, 15) is 9.90 Å². The lowest BCUT2D eigenvalue weighted by Crippen LogP contribution is -2.40. The lowest BCUT2D eigenvalue weighted by atomic mass is 9.87. The summed E-state index contributed by atoms with van der Waals surface area (Å²) in [5, 5.41) is 12.2. The third kappa shape index (κ3) is 3.41. The minimum atomic E-state index is -0.162. The summed E-state index contributed by atoms with van der Waals surface area (Å²) >= 11 is 1.63. The Labute approximate surface area is 125 Å². The van der Waals surface area contributed by atoms with E-state index in [1.54, 1.807) is 11.3 Å². The number of hydrogen-bond donors (Lipinski definition) is 2. The van der Waals surface area contributed by atoms with E-state index in [-0.39, 0.29) is 24.5 Å². The smallest absolute Gasteiger partial charge is 0.261 e. The molecule has 1 aromatic heterocycles. The number of carbonyl (C=O) groups excluding carboxylic acids is 1. The maximum Gasteiger partial charge on any atom is 0.261 e. The fourth-order valence-electron chi connectivity index (χ4n) is 2.72. The summed E-state index contributed by atoms with van der Waals surface area (Å²) in [5.41, 5.74) is 1.36. The van der Waals surface area contributed by atoms with Gasteiger partial charge in [0.05, 0.1) is 17.5 Å². The van der Waals surface area contributed by atoms with Crippen LogP contribution < -0.4 is 5.32 Å². The molecule has 20 heavy (non-hydrogen) atoms. The van der Waals surface area contributed by atoms with Crippen LogP contribution in [-0.2, 0) is 12.8 Å². The Morgan fingerprint density at radius 1 is 1.55 bits per heavy atom. The van der Waals surface area contributed by atoms with Crippen molar-refractivity contribution in [1.29, 1.82) is 0 Å². The van der Waals surface area contributed by atoms with Crippen molar-refractivity contribution in [2.45, 2.75) is 52.5 Å². The highest BCUT2D eigenvalue weighted by Crippen LogP contribution is 2.33. The minimum absolute atomic E-state index is 0.00753. The number of hydrogen-bond acceptors (Lipinski definition) is 3. The van der Waals surface area contributed by atoms with E-state index in [1.807, 2.05) is 13.8 Å². The first-order chi connectivity index (χ1) is 9.55. The van der Waals surface area contributed by atoms with E-state index in [0.29, 0.717) is 0 Å². The van der Waals surface area contributed by atoms with Gasteiger partial charge in [0.15, 0.2) is 0 Å². The molecule has 0 bridgehead atoms. The van der Waals surface area contributed by atoms with Gasteiger partial charge in [-0.15, -0.1) is 11.3 Å². The molecule has 112 valence electrons. The Morgan fingerprint density at radius 2 is 2.30 bits per heavy atom. The highest BCUT2D eigenvalue weighted by atomic mass is 32.1. The lowest BCUT2D eigenvalue weighted by Gasteiger charge is -2.19. The molecular weight excluding hydrogens is 270 g/mol. The van der Waals surface area contributed by atoms with Gasteiger partial charge in [0.25, 0.3) is 5.91 Å². The molecule has 1 aliphatic carbocycles. The predicted molar refractivity (Wildman–Crippen MR) is 83.3 cm³/mol. The molecule has 0 saturated heterocycles. The van der Waals surface area contributed by atoms with Crippen LogP contribution in [0.1, 0.15) is 53.7 Å². The molecule has 1 amide bonds. The predicted octanol–water partition coefficient (Wildman–Crippen LogP) is 3.01. The number of carbonyl (C=O) groups is 1. The van der Waals surface area contributed by atoms with E-state index < -0.39 is 0 Å². The van der Waals surface area contributed by atoms with Crippen molar-refractivity contribution in [3.63, 3.8) is 0 Å². The summed E-state index contributed by atoms with van der Waals surface area (Å²) in [7, 11) is 0. The zero-order valence-electron chi connectivity index (χ0n) is 12.6. The minimum Gasteiger partial charge on any atom is -0.394 e. The Morgan fingerprint density at radius 3 is 2.90 bits per heavy atom. The largest absolute Gasteiger partial charge is 0.394 e. The van der Waals surface area contributed by atoms with Gasteiger partial charge in [-0.3, -0.25) is 4.79 Å². The van der Waals surface area contributed by atoms with Gasteiger partial charge < -0.3 is 10.4 Å². The summed E-state index contributed by atoms with van der Waals surface area (Å²) in [4.78, 5) is 14.5. The Bertz CT molecular complexity index is 467. The summed E-state index contributed by atoms with van der Waals surface area (Å²) in [6.07, 6.45) is 4.69. The fraction of sp³-hybridized carbons (Fsp3) is 0.688. The van der Waals surface area contributed by atoms with Gasteiger partial charge in [-0.05, 0) is 42.7 Å². The molecule has 2 N–H and O–H groups in total. The molecule has 2 unspecified atom stereocenters. The molecule has 0 aromatic carbocycles. The standard InChI is InChI=1S/C16H25NO2S/c1-4-11-5-6-14-12(7-11)8-15(20-14)16(19)17-13(9-18)10(2)3/h8,10-11,13,18H,4-7,9H2,1-3H3,(H,17,19). The normalized spacial score (nSPS) is 19.8. The SMILES string of the molecule is CCC1CCc2sc(C(=O)NC(CO)C(C)C)cc2C1. The van der Waals surface area contributed by atoms with Crippen molar-refractivity contribution in [3.8, 4) is 0 Å². The van der Waals surface area contributed by atoms with Crippen LogP contribution in [0.2, 0.25) is 0 Å². The van der Waals surface area contributed by atoms with Crippen molar-refractivity contribution in [3.05, 3.63) is 21.4 Å². The second-order valence-electron chi connectivity index (χ2n) is 6.08. The Balaban J connectivity index is 2.07. The number of amides is 1. The molecule has 3 nitrogen and oxygen atoms in total. The number of aliphatic hydroxyl groups excluding tert-OH is 1. The van der Waals surface area contributed by atoms with Crippen molar-refractivity contribution in [1.82, 2.24) is 5.32 Å². The van der Waals surface area contributed by atoms with Gasteiger partial charge in [-0.1, -0.05) is 27.2 Å². The van der Waals surface area contributed by atoms with Crippen LogP contribution in [0.3, 0.4) is 0 Å². The van der Waals surface area contributed by atoms with Crippen LogP contribution >= 0.6 is 11.3 Å². The van der Waals surface area contributed by atoms with Gasteiger partial charge >= 0.3 is 0 Å². The third-order valence-corrected chi connectivity index (χ3v) is 5.54. The quantitative estimate of drug-likeness (QED) is 0.877. The van der Waals surface area contributed by atoms with Crippen LogP contribution in [0.15, 0.2) is 6.07 Å². The van der Waals surface area contributed by atoms with Crippen LogP contribution in [0.25, 0.3) is 0 Å². The molecule has 0 radical (unpaired) electrons. The average molecular weight is 295 g/mol.